The largest absolute Gasteiger partial charge is 0.346 e. The minimum absolute atomic E-state index is 0. The van der Waals surface area contributed by atoms with Crippen molar-refractivity contribution >= 4 is 24.2 Å². The van der Waals surface area contributed by atoms with E-state index in [1.807, 2.05) is 18.7 Å². The average molecular weight is 334 g/mol. The summed E-state index contributed by atoms with van der Waals surface area (Å²) in [6.45, 7) is 12.2. The molecule has 1 fully saturated rings. The summed E-state index contributed by atoms with van der Waals surface area (Å²) in [4.78, 5) is 25.7. The van der Waals surface area contributed by atoms with E-state index in [9.17, 15) is 9.59 Å². The molecule has 1 saturated heterocycles. The van der Waals surface area contributed by atoms with Crippen LogP contribution in [0.15, 0.2) is 0 Å². The number of carbonyl (C=O) groups excluding carboxylic acids is 2. The van der Waals surface area contributed by atoms with Crippen LogP contribution < -0.4 is 11.1 Å². The molecule has 130 valence electrons. The van der Waals surface area contributed by atoms with Crippen molar-refractivity contribution in [3.63, 3.8) is 0 Å². The fourth-order valence-electron chi connectivity index (χ4n) is 2.69. The van der Waals surface area contributed by atoms with E-state index < -0.39 is 6.04 Å². The van der Waals surface area contributed by atoms with Crippen LogP contribution in [0.5, 0.6) is 0 Å². The second kappa shape index (κ2) is 8.73. The van der Waals surface area contributed by atoms with Gasteiger partial charge in [0, 0.05) is 13.1 Å². The number of rotatable bonds is 4. The summed E-state index contributed by atoms with van der Waals surface area (Å²) < 4.78 is 0. The number of likely N-dealkylation sites (tertiary alicyclic amines) is 1. The standard InChI is InChI=1S/C16H31N3O2.ClH/c1-11(2)14(17)15(21)18-10-13(20)19-8-6-12(7-9-19)16(3,4)5;/h11-12,14H,6-10,17H2,1-5H3,(H,18,21);1H/t14-;/m0./s1. The fraction of sp³-hybridized carbons (Fsp3) is 0.875. The third-order valence-corrected chi connectivity index (χ3v) is 4.51. The molecule has 0 aromatic carbocycles. The lowest BCUT2D eigenvalue weighted by Gasteiger charge is -2.38. The summed E-state index contributed by atoms with van der Waals surface area (Å²) in [7, 11) is 0. The highest BCUT2D eigenvalue weighted by Gasteiger charge is 2.30. The van der Waals surface area contributed by atoms with E-state index in [2.05, 4.69) is 26.1 Å². The van der Waals surface area contributed by atoms with Gasteiger partial charge in [-0.1, -0.05) is 34.6 Å². The molecule has 0 spiro atoms. The van der Waals surface area contributed by atoms with Gasteiger partial charge in [0.2, 0.25) is 11.8 Å². The van der Waals surface area contributed by atoms with Gasteiger partial charge in [-0.15, -0.1) is 12.4 Å². The Morgan fingerprint density at radius 3 is 2.14 bits per heavy atom. The molecule has 0 aromatic heterocycles. The Hall–Kier alpha value is -0.810. The van der Waals surface area contributed by atoms with Crippen molar-refractivity contribution in [3.05, 3.63) is 0 Å². The van der Waals surface area contributed by atoms with Crippen LogP contribution in [0.1, 0.15) is 47.5 Å². The first kappa shape index (κ1) is 21.2. The van der Waals surface area contributed by atoms with E-state index >= 15 is 0 Å². The molecule has 1 atom stereocenters. The minimum Gasteiger partial charge on any atom is -0.346 e. The number of nitrogens with one attached hydrogen (secondary N) is 1. The Morgan fingerprint density at radius 2 is 1.73 bits per heavy atom. The number of hydrogen-bond acceptors (Lipinski definition) is 3. The van der Waals surface area contributed by atoms with Gasteiger partial charge in [-0.05, 0) is 30.1 Å². The van der Waals surface area contributed by atoms with Crippen LogP contribution in [0.2, 0.25) is 0 Å². The van der Waals surface area contributed by atoms with Crippen LogP contribution in [-0.2, 0) is 9.59 Å². The predicted molar refractivity (Wildman–Crippen MR) is 91.8 cm³/mol. The summed E-state index contributed by atoms with van der Waals surface area (Å²) in [6, 6.07) is -0.551. The van der Waals surface area contributed by atoms with E-state index in [1.54, 1.807) is 0 Å². The number of halogens is 1. The van der Waals surface area contributed by atoms with E-state index in [4.69, 9.17) is 5.73 Å². The molecule has 22 heavy (non-hydrogen) atoms. The summed E-state index contributed by atoms with van der Waals surface area (Å²) in [5.74, 6) is 0.475. The van der Waals surface area contributed by atoms with Crippen LogP contribution in [0, 0.1) is 17.3 Å². The first-order chi connectivity index (χ1) is 9.62. The van der Waals surface area contributed by atoms with Gasteiger partial charge in [0.15, 0.2) is 0 Å². The van der Waals surface area contributed by atoms with Crippen LogP contribution in [0.3, 0.4) is 0 Å². The Labute approximate surface area is 140 Å². The maximum atomic E-state index is 12.1. The number of nitrogens with zero attached hydrogens (tertiary/aromatic N) is 1. The minimum atomic E-state index is -0.551. The molecule has 1 heterocycles. The molecular formula is C16H32ClN3O2. The van der Waals surface area contributed by atoms with Crippen molar-refractivity contribution in [2.24, 2.45) is 23.0 Å². The first-order valence-electron chi connectivity index (χ1n) is 7.94. The summed E-state index contributed by atoms with van der Waals surface area (Å²) in [6.07, 6.45) is 2.07. The first-order valence-corrected chi connectivity index (χ1v) is 7.94. The zero-order chi connectivity index (χ0) is 16.2. The average Bonchev–Trinajstić information content (AvgIpc) is 2.42. The van der Waals surface area contributed by atoms with Crippen molar-refractivity contribution in [2.75, 3.05) is 19.6 Å². The molecule has 0 saturated carbocycles. The number of amides is 2. The van der Waals surface area contributed by atoms with Gasteiger partial charge in [-0.25, -0.2) is 0 Å². The highest BCUT2D eigenvalue weighted by molar-refractivity contribution is 5.87. The summed E-state index contributed by atoms with van der Waals surface area (Å²) >= 11 is 0. The smallest absolute Gasteiger partial charge is 0.241 e. The third kappa shape index (κ3) is 6.13. The van der Waals surface area contributed by atoms with E-state index in [1.165, 1.54) is 0 Å². The Kier molecular flexibility index (Phi) is 8.40. The van der Waals surface area contributed by atoms with Crippen molar-refractivity contribution in [1.29, 1.82) is 0 Å². The van der Waals surface area contributed by atoms with Gasteiger partial charge in [-0.3, -0.25) is 9.59 Å². The van der Waals surface area contributed by atoms with Gasteiger partial charge < -0.3 is 16.0 Å². The van der Waals surface area contributed by atoms with E-state index in [-0.39, 0.29) is 36.7 Å². The molecule has 0 unspecified atom stereocenters. The highest BCUT2D eigenvalue weighted by atomic mass is 35.5. The van der Waals surface area contributed by atoms with Gasteiger partial charge in [0.25, 0.3) is 0 Å². The summed E-state index contributed by atoms with van der Waals surface area (Å²) in [5, 5.41) is 2.65. The fourth-order valence-corrected chi connectivity index (χ4v) is 2.69. The number of nitrogens with two attached hydrogens (primary N) is 1. The molecule has 1 aliphatic heterocycles. The maximum Gasteiger partial charge on any atom is 0.241 e. The molecule has 0 aliphatic carbocycles. The SMILES string of the molecule is CC(C)[C@H](N)C(=O)NCC(=O)N1CCC(C(C)(C)C)CC1.Cl. The van der Waals surface area contributed by atoms with Crippen LogP contribution in [0.25, 0.3) is 0 Å². The van der Waals surface area contributed by atoms with E-state index in [0.29, 0.717) is 11.3 Å². The third-order valence-electron chi connectivity index (χ3n) is 4.51. The second-order valence-electron chi connectivity index (χ2n) is 7.51. The molecule has 2 amide bonds. The van der Waals surface area contributed by atoms with E-state index in [0.717, 1.165) is 25.9 Å². The zero-order valence-corrected chi connectivity index (χ0v) is 15.3. The Bertz CT molecular complexity index is 372. The van der Waals surface area contributed by atoms with Gasteiger partial charge >= 0.3 is 0 Å². The van der Waals surface area contributed by atoms with Crippen LogP contribution in [0.4, 0.5) is 0 Å². The van der Waals surface area contributed by atoms with Crippen molar-refractivity contribution < 1.29 is 9.59 Å². The number of piperidine rings is 1. The van der Waals surface area contributed by atoms with Crippen molar-refractivity contribution in [3.8, 4) is 0 Å². The van der Waals surface area contributed by atoms with Crippen molar-refractivity contribution in [1.82, 2.24) is 10.2 Å². The monoisotopic (exact) mass is 333 g/mol. The van der Waals surface area contributed by atoms with Gasteiger partial charge in [0.05, 0.1) is 12.6 Å². The Balaban J connectivity index is 0.00000441. The van der Waals surface area contributed by atoms with Gasteiger partial charge in [0.1, 0.15) is 0 Å². The molecule has 6 heteroatoms. The quantitative estimate of drug-likeness (QED) is 0.823. The molecule has 1 aliphatic rings. The molecule has 3 N–H and O–H groups in total. The maximum absolute atomic E-state index is 12.1. The lowest BCUT2D eigenvalue weighted by Crippen LogP contribution is -2.49. The topological polar surface area (TPSA) is 75.4 Å². The second-order valence-corrected chi connectivity index (χ2v) is 7.51. The van der Waals surface area contributed by atoms with Crippen LogP contribution in [-0.4, -0.2) is 42.4 Å². The molecule has 0 radical (unpaired) electrons. The van der Waals surface area contributed by atoms with Gasteiger partial charge in [-0.2, -0.15) is 0 Å². The van der Waals surface area contributed by atoms with Crippen molar-refractivity contribution in [2.45, 2.75) is 53.5 Å². The lowest BCUT2D eigenvalue weighted by molar-refractivity contribution is -0.134. The highest BCUT2D eigenvalue weighted by Crippen LogP contribution is 2.34. The Morgan fingerprint density at radius 1 is 1.23 bits per heavy atom. The molecule has 1 rings (SSSR count). The normalized spacial score (nSPS) is 17.9. The lowest BCUT2D eigenvalue weighted by atomic mass is 9.75. The predicted octanol–water partition coefficient (Wildman–Crippen LogP) is 1.79. The number of hydrogen-bond donors (Lipinski definition) is 2. The van der Waals surface area contributed by atoms with Crippen LogP contribution >= 0.6 is 12.4 Å². The molecule has 5 nitrogen and oxygen atoms in total. The zero-order valence-electron chi connectivity index (χ0n) is 14.5. The molecule has 0 bridgehead atoms. The summed E-state index contributed by atoms with van der Waals surface area (Å²) in [5.41, 5.74) is 6.05. The molecular weight excluding hydrogens is 302 g/mol. The number of carbonyl (C=O) groups is 2. The molecule has 0 aromatic rings.